The smallest absolute Gasteiger partial charge is 0.257 e. The number of pyridine rings is 2. The molecule has 184 valence electrons. The lowest BCUT2D eigenvalue weighted by atomic mass is 9.68. The Kier molecular flexibility index (Phi) is 5.33. The lowest BCUT2D eigenvalue weighted by Crippen LogP contribution is -2.65. The largest absolute Gasteiger partial charge is 0.339 e. The van der Waals surface area contributed by atoms with Crippen LogP contribution in [0.5, 0.6) is 0 Å². The zero-order valence-corrected chi connectivity index (χ0v) is 20.3. The van der Waals surface area contributed by atoms with Gasteiger partial charge in [0.25, 0.3) is 5.91 Å². The van der Waals surface area contributed by atoms with E-state index >= 15 is 0 Å². The minimum atomic E-state index is -0.297. The number of aromatic amines is 1. The van der Waals surface area contributed by atoms with Gasteiger partial charge in [-0.15, -0.1) is 0 Å². The zero-order chi connectivity index (χ0) is 24.9. The Hall–Kier alpha value is -4.05. The van der Waals surface area contributed by atoms with Crippen LogP contribution in [0.2, 0.25) is 0 Å². The van der Waals surface area contributed by atoms with E-state index < -0.39 is 0 Å². The third-order valence-corrected chi connectivity index (χ3v) is 7.50. The van der Waals surface area contributed by atoms with Gasteiger partial charge in [-0.2, -0.15) is 5.10 Å². The number of likely N-dealkylation sites (tertiary alicyclic amines) is 1. The van der Waals surface area contributed by atoms with Crippen molar-refractivity contribution in [1.82, 2.24) is 29.6 Å². The number of aryl methyl sites for hydroxylation is 2. The van der Waals surface area contributed by atoms with Gasteiger partial charge in [-0.3, -0.25) is 24.2 Å². The molecule has 1 aliphatic carbocycles. The number of aromatic nitrogens is 5. The van der Waals surface area contributed by atoms with Gasteiger partial charge in [0.2, 0.25) is 5.91 Å². The van der Waals surface area contributed by atoms with E-state index in [1.165, 1.54) is 25.7 Å². The fourth-order valence-corrected chi connectivity index (χ4v) is 5.14. The molecule has 1 aliphatic heterocycles. The van der Waals surface area contributed by atoms with E-state index in [2.05, 4.69) is 35.6 Å². The van der Waals surface area contributed by atoms with Crippen LogP contribution in [0.4, 0.5) is 11.4 Å². The fraction of sp³-hybridized carbons (Fsp3) is 0.346. The number of anilines is 2. The van der Waals surface area contributed by atoms with Crippen LogP contribution in [0, 0.1) is 6.92 Å². The summed E-state index contributed by atoms with van der Waals surface area (Å²) in [5.41, 5.74) is 4.98. The number of H-pyrrole nitrogens is 1. The second-order valence-corrected chi connectivity index (χ2v) is 9.86. The van der Waals surface area contributed by atoms with Gasteiger partial charge in [0.15, 0.2) is 0 Å². The molecule has 6 rings (SSSR count). The predicted molar refractivity (Wildman–Crippen MR) is 137 cm³/mol. The molecular weight excluding hydrogens is 456 g/mol. The molecule has 0 bridgehead atoms. The molecule has 4 aromatic rings. The van der Waals surface area contributed by atoms with Gasteiger partial charge in [0.1, 0.15) is 5.65 Å². The monoisotopic (exact) mass is 484 g/mol. The van der Waals surface area contributed by atoms with Gasteiger partial charge in [-0.1, -0.05) is 0 Å². The molecule has 2 amide bonds. The average Bonchev–Trinajstić information content (AvgIpc) is 3.43. The van der Waals surface area contributed by atoms with Crippen LogP contribution in [0.25, 0.3) is 22.3 Å². The Labute approximate surface area is 208 Å². The highest BCUT2D eigenvalue weighted by atomic mass is 16.2. The van der Waals surface area contributed by atoms with Crippen molar-refractivity contribution in [3.8, 4) is 11.3 Å². The van der Waals surface area contributed by atoms with E-state index in [4.69, 9.17) is 0 Å². The Bertz CT molecular complexity index is 1480. The van der Waals surface area contributed by atoms with Crippen LogP contribution in [-0.2, 0) is 11.8 Å². The van der Waals surface area contributed by atoms with Crippen LogP contribution in [-0.4, -0.2) is 60.1 Å². The normalized spacial score (nSPS) is 16.5. The van der Waals surface area contributed by atoms with Crippen LogP contribution in [0.3, 0.4) is 0 Å². The standard InChI is InChI=1S/C26H28N8O2/c1-16-21(10-20(13-27-16)30-23(35)15-34-7-6-26(34)4-3-5-26)32-25(36)18-8-17-9-22(31-24(17)28-11-18)19-12-29-33(2)14-19/h8-14H,3-7,15H2,1-2H3,(H,28,31)(H,30,35)(H,32,36). The van der Waals surface area contributed by atoms with E-state index in [1.807, 2.05) is 26.2 Å². The van der Waals surface area contributed by atoms with Crippen molar-refractivity contribution in [2.45, 2.75) is 38.1 Å². The third kappa shape index (κ3) is 4.03. The number of nitrogens with one attached hydrogen (secondary N) is 3. The van der Waals surface area contributed by atoms with Gasteiger partial charge in [-0.25, -0.2) is 4.98 Å². The summed E-state index contributed by atoms with van der Waals surface area (Å²) >= 11 is 0. The Morgan fingerprint density at radius 2 is 1.94 bits per heavy atom. The predicted octanol–water partition coefficient (Wildman–Crippen LogP) is 3.49. The van der Waals surface area contributed by atoms with Gasteiger partial charge >= 0.3 is 0 Å². The summed E-state index contributed by atoms with van der Waals surface area (Å²) in [6.45, 7) is 3.18. The minimum Gasteiger partial charge on any atom is -0.339 e. The number of rotatable bonds is 6. The molecule has 0 atom stereocenters. The van der Waals surface area contributed by atoms with E-state index in [0.717, 1.165) is 23.2 Å². The number of hydrogen-bond donors (Lipinski definition) is 3. The lowest BCUT2D eigenvalue weighted by Gasteiger charge is -2.58. The molecule has 0 aromatic carbocycles. The van der Waals surface area contributed by atoms with Crippen LogP contribution < -0.4 is 10.6 Å². The summed E-state index contributed by atoms with van der Waals surface area (Å²) in [5.74, 6) is -0.357. The van der Waals surface area contributed by atoms with Gasteiger partial charge in [0, 0.05) is 42.5 Å². The highest BCUT2D eigenvalue weighted by molar-refractivity contribution is 6.06. The molecule has 3 N–H and O–H groups in total. The zero-order valence-electron chi connectivity index (χ0n) is 20.3. The van der Waals surface area contributed by atoms with Crippen molar-refractivity contribution in [2.75, 3.05) is 23.7 Å². The Morgan fingerprint density at radius 3 is 2.64 bits per heavy atom. The number of nitrogens with zero attached hydrogens (tertiary/aromatic N) is 5. The topological polar surface area (TPSA) is 121 Å². The van der Waals surface area contributed by atoms with Crippen molar-refractivity contribution in [3.63, 3.8) is 0 Å². The highest BCUT2D eigenvalue weighted by Gasteiger charge is 2.49. The highest BCUT2D eigenvalue weighted by Crippen LogP contribution is 2.46. The molecule has 1 saturated carbocycles. The van der Waals surface area contributed by atoms with Crippen molar-refractivity contribution in [3.05, 3.63) is 54.2 Å². The summed E-state index contributed by atoms with van der Waals surface area (Å²) in [4.78, 5) is 40.0. The van der Waals surface area contributed by atoms with E-state index in [1.54, 1.807) is 35.4 Å². The van der Waals surface area contributed by atoms with E-state index in [0.29, 0.717) is 34.8 Å². The van der Waals surface area contributed by atoms with Gasteiger partial charge < -0.3 is 15.6 Å². The second-order valence-electron chi connectivity index (χ2n) is 9.86. The minimum absolute atomic E-state index is 0.0598. The summed E-state index contributed by atoms with van der Waals surface area (Å²) in [6.07, 6.45) is 11.7. The Morgan fingerprint density at radius 1 is 1.08 bits per heavy atom. The molecule has 2 aliphatic rings. The van der Waals surface area contributed by atoms with Crippen molar-refractivity contribution in [2.24, 2.45) is 7.05 Å². The average molecular weight is 485 g/mol. The lowest BCUT2D eigenvalue weighted by molar-refractivity contribution is -0.127. The van der Waals surface area contributed by atoms with Crippen LogP contribution in [0.1, 0.15) is 41.7 Å². The summed E-state index contributed by atoms with van der Waals surface area (Å²) in [7, 11) is 1.86. The van der Waals surface area contributed by atoms with Crippen LogP contribution in [0.15, 0.2) is 43.0 Å². The number of hydrogen-bond acceptors (Lipinski definition) is 6. The first-order valence-electron chi connectivity index (χ1n) is 12.2. The van der Waals surface area contributed by atoms with Gasteiger partial charge in [0.05, 0.1) is 47.3 Å². The molecule has 10 nitrogen and oxygen atoms in total. The van der Waals surface area contributed by atoms with E-state index in [-0.39, 0.29) is 17.4 Å². The molecule has 1 spiro atoms. The maximum absolute atomic E-state index is 13.0. The number of carbonyl (C=O) groups is 2. The molecule has 4 aromatic heterocycles. The van der Waals surface area contributed by atoms with Crippen molar-refractivity contribution >= 4 is 34.2 Å². The third-order valence-electron chi connectivity index (χ3n) is 7.50. The van der Waals surface area contributed by atoms with Gasteiger partial charge in [-0.05, 0) is 50.8 Å². The summed E-state index contributed by atoms with van der Waals surface area (Å²) in [5, 5.41) is 10.9. The molecule has 10 heteroatoms. The number of fused-ring (bicyclic) bond motifs is 1. The first kappa shape index (κ1) is 22.4. The van der Waals surface area contributed by atoms with E-state index in [9.17, 15) is 9.59 Å². The van der Waals surface area contributed by atoms with Crippen molar-refractivity contribution in [1.29, 1.82) is 0 Å². The SMILES string of the molecule is Cc1ncc(NC(=O)CN2CCC23CCC3)cc1NC(=O)c1cnc2[nH]c(-c3cnn(C)c3)cc2c1. The molecule has 2 fully saturated rings. The molecular formula is C26H28N8O2. The number of carbonyl (C=O) groups excluding carboxylic acids is 2. The molecule has 0 unspecified atom stereocenters. The maximum Gasteiger partial charge on any atom is 0.257 e. The quantitative estimate of drug-likeness (QED) is 0.385. The molecule has 0 radical (unpaired) electrons. The maximum atomic E-state index is 13.0. The fourth-order valence-electron chi connectivity index (χ4n) is 5.14. The van der Waals surface area contributed by atoms with Crippen LogP contribution >= 0.6 is 0 Å². The first-order valence-corrected chi connectivity index (χ1v) is 12.2. The second kappa shape index (κ2) is 8.56. The first-order chi connectivity index (χ1) is 17.4. The Balaban J connectivity index is 1.14. The molecule has 5 heterocycles. The summed E-state index contributed by atoms with van der Waals surface area (Å²) < 4.78 is 1.73. The summed E-state index contributed by atoms with van der Waals surface area (Å²) in [6, 6.07) is 5.49. The van der Waals surface area contributed by atoms with Crippen molar-refractivity contribution < 1.29 is 9.59 Å². The number of amides is 2. The molecule has 36 heavy (non-hydrogen) atoms. The molecule has 1 saturated heterocycles.